The number of pyridine rings is 1. The molecule has 0 spiro atoms. The van der Waals surface area contributed by atoms with Crippen molar-refractivity contribution in [1.82, 2.24) is 10.3 Å². The number of allylic oxidation sites excluding steroid dienone is 1. The number of carbonyl (C=O) groups is 2. The van der Waals surface area contributed by atoms with Crippen LogP contribution in [0.15, 0.2) is 41.6 Å². The van der Waals surface area contributed by atoms with E-state index in [-0.39, 0.29) is 35.3 Å². The molecule has 0 radical (unpaired) electrons. The van der Waals surface area contributed by atoms with Gasteiger partial charge in [-0.2, -0.15) is 0 Å². The van der Waals surface area contributed by atoms with E-state index in [9.17, 15) is 14.7 Å². The Morgan fingerprint density at radius 1 is 1.07 bits per heavy atom. The quantitative estimate of drug-likeness (QED) is 0.806. The predicted molar refractivity (Wildman–Crippen MR) is 94.1 cm³/mol. The van der Waals surface area contributed by atoms with Crippen LogP contribution in [0.25, 0.3) is 11.3 Å². The van der Waals surface area contributed by atoms with Gasteiger partial charge in [-0.05, 0) is 43.2 Å². The van der Waals surface area contributed by atoms with E-state index in [1.165, 1.54) is 0 Å². The maximum absolute atomic E-state index is 12.6. The Hall–Kier alpha value is -3.19. The lowest BCUT2D eigenvalue weighted by Crippen LogP contribution is -2.26. The van der Waals surface area contributed by atoms with E-state index in [2.05, 4.69) is 10.3 Å². The fraction of sp³-hybridized carbons (Fsp3) is 0.250. The van der Waals surface area contributed by atoms with E-state index in [0.29, 0.717) is 42.2 Å². The molecule has 7 heteroatoms. The van der Waals surface area contributed by atoms with Gasteiger partial charge in [0.25, 0.3) is 5.91 Å². The second-order valence-electron chi connectivity index (χ2n) is 6.72. The van der Waals surface area contributed by atoms with Crippen LogP contribution in [0.1, 0.15) is 41.4 Å². The second kappa shape index (κ2) is 5.92. The van der Waals surface area contributed by atoms with Gasteiger partial charge in [-0.15, -0.1) is 0 Å². The number of carbonyl (C=O) groups excluding carboxylic acids is 2. The number of nitrogens with zero attached hydrogens (tertiary/aromatic N) is 1. The molecule has 5 rings (SSSR count). The fourth-order valence-electron chi connectivity index (χ4n) is 3.74. The summed E-state index contributed by atoms with van der Waals surface area (Å²) in [5, 5.41) is 13.6. The van der Waals surface area contributed by atoms with Crippen LogP contribution in [-0.4, -0.2) is 28.6 Å². The number of amides is 1. The van der Waals surface area contributed by atoms with Crippen LogP contribution in [0.5, 0.6) is 11.5 Å². The molecule has 136 valence electrons. The molecule has 1 aromatic heterocycles. The molecule has 7 nitrogen and oxygen atoms in total. The molecule has 1 unspecified atom stereocenters. The summed E-state index contributed by atoms with van der Waals surface area (Å²) in [5.41, 5.74) is 2.57. The third-order valence-electron chi connectivity index (χ3n) is 5.09. The van der Waals surface area contributed by atoms with Crippen molar-refractivity contribution in [3.05, 3.63) is 52.9 Å². The van der Waals surface area contributed by atoms with Gasteiger partial charge in [-0.25, -0.2) is 4.98 Å². The Balaban J connectivity index is 1.62. The third-order valence-corrected chi connectivity index (χ3v) is 5.09. The van der Waals surface area contributed by atoms with Gasteiger partial charge >= 0.3 is 0 Å². The number of fused-ring (bicyclic) bond motifs is 2. The Morgan fingerprint density at radius 3 is 2.81 bits per heavy atom. The van der Waals surface area contributed by atoms with Crippen LogP contribution in [0.4, 0.5) is 0 Å². The molecule has 0 fully saturated rings. The summed E-state index contributed by atoms with van der Waals surface area (Å²) in [6, 6.07) is 8.77. The van der Waals surface area contributed by atoms with Crippen molar-refractivity contribution in [2.75, 3.05) is 6.79 Å². The summed E-state index contributed by atoms with van der Waals surface area (Å²) in [6.45, 7) is 0.175. The van der Waals surface area contributed by atoms with E-state index in [4.69, 9.17) is 9.47 Å². The monoisotopic (exact) mass is 364 g/mol. The summed E-state index contributed by atoms with van der Waals surface area (Å²) < 4.78 is 10.7. The van der Waals surface area contributed by atoms with Crippen LogP contribution in [-0.2, 0) is 4.79 Å². The maximum atomic E-state index is 12.6. The van der Waals surface area contributed by atoms with E-state index in [1.54, 1.807) is 24.3 Å². The smallest absolute Gasteiger partial charge is 0.257 e. The molecule has 1 aromatic carbocycles. The Kier molecular flexibility index (Phi) is 3.51. The lowest BCUT2D eigenvalue weighted by Gasteiger charge is -2.20. The summed E-state index contributed by atoms with van der Waals surface area (Å²) in [5.74, 6) is 0.783. The molecule has 0 saturated carbocycles. The number of nitrogens with one attached hydrogen (secondary N) is 1. The third kappa shape index (κ3) is 2.50. The number of rotatable bonds is 1. The summed E-state index contributed by atoms with van der Waals surface area (Å²) >= 11 is 0. The molecule has 2 aromatic rings. The standard InChI is InChI=1S/C20H16N2O5/c23-14-3-1-2-13-17(14)19(24)18-11(20(25)22-13)5-6-12(21-18)10-4-7-15-16(8-10)27-9-26-15/h4-8,19,24H,1-3,9H2,(H,22,25). The number of aliphatic hydroxyl groups is 1. The number of benzene rings is 1. The van der Waals surface area contributed by atoms with Gasteiger partial charge < -0.3 is 19.9 Å². The maximum Gasteiger partial charge on any atom is 0.257 e. The van der Waals surface area contributed by atoms with Crippen molar-refractivity contribution in [3.63, 3.8) is 0 Å². The SMILES string of the molecule is O=C1CCCC2=C1C(O)c1nc(-c3ccc4c(c3)OCO4)ccc1C(=O)N2. The van der Waals surface area contributed by atoms with E-state index in [1.807, 2.05) is 6.07 Å². The van der Waals surface area contributed by atoms with Crippen LogP contribution in [0.3, 0.4) is 0 Å². The molecule has 3 aliphatic rings. The molecule has 1 aliphatic carbocycles. The highest BCUT2D eigenvalue weighted by atomic mass is 16.7. The Bertz CT molecular complexity index is 1030. The summed E-state index contributed by atoms with van der Waals surface area (Å²) in [6.07, 6.45) is 0.364. The summed E-state index contributed by atoms with van der Waals surface area (Å²) in [4.78, 5) is 29.5. The molecular weight excluding hydrogens is 348 g/mol. The largest absolute Gasteiger partial charge is 0.454 e. The van der Waals surface area contributed by atoms with Gasteiger partial charge in [-0.1, -0.05) is 0 Å². The topological polar surface area (TPSA) is 97.8 Å². The van der Waals surface area contributed by atoms with Crippen molar-refractivity contribution in [1.29, 1.82) is 0 Å². The predicted octanol–water partition coefficient (Wildman–Crippen LogP) is 2.26. The number of Topliss-reactive ketones (excluding diaryl/α,β-unsaturated/α-hetero) is 1. The van der Waals surface area contributed by atoms with Crippen molar-refractivity contribution in [3.8, 4) is 22.8 Å². The first-order valence-corrected chi connectivity index (χ1v) is 8.78. The second-order valence-corrected chi connectivity index (χ2v) is 6.72. The van der Waals surface area contributed by atoms with Crippen molar-refractivity contribution < 1.29 is 24.2 Å². The number of hydrogen-bond acceptors (Lipinski definition) is 6. The van der Waals surface area contributed by atoms with Gasteiger partial charge in [0, 0.05) is 23.3 Å². The molecule has 2 aliphatic heterocycles. The minimum atomic E-state index is -1.23. The minimum absolute atomic E-state index is 0.146. The number of aliphatic hydroxyl groups excluding tert-OH is 1. The zero-order valence-electron chi connectivity index (χ0n) is 14.3. The average molecular weight is 364 g/mol. The van der Waals surface area contributed by atoms with Crippen LogP contribution in [0, 0.1) is 0 Å². The number of ether oxygens (including phenoxy) is 2. The van der Waals surface area contributed by atoms with Crippen LogP contribution < -0.4 is 14.8 Å². The number of ketones is 1. The number of hydrogen-bond donors (Lipinski definition) is 2. The Morgan fingerprint density at radius 2 is 1.93 bits per heavy atom. The average Bonchev–Trinajstić information content (AvgIpc) is 3.11. The van der Waals surface area contributed by atoms with Gasteiger partial charge in [0.15, 0.2) is 17.3 Å². The van der Waals surface area contributed by atoms with E-state index >= 15 is 0 Å². The highest BCUT2D eigenvalue weighted by Gasteiger charge is 2.35. The van der Waals surface area contributed by atoms with E-state index < -0.39 is 6.10 Å². The molecule has 0 bridgehead atoms. The number of aromatic nitrogens is 1. The highest BCUT2D eigenvalue weighted by Crippen LogP contribution is 2.38. The van der Waals surface area contributed by atoms with Gasteiger partial charge in [0.1, 0.15) is 6.10 Å². The molecule has 27 heavy (non-hydrogen) atoms. The molecule has 1 amide bonds. The normalized spacial score (nSPS) is 20.7. The lowest BCUT2D eigenvalue weighted by atomic mass is 9.90. The highest BCUT2D eigenvalue weighted by molar-refractivity contribution is 6.03. The molecule has 2 N–H and O–H groups in total. The molecule has 1 atom stereocenters. The molecular formula is C20H16N2O5. The van der Waals surface area contributed by atoms with E-state index in [0.717, 1.165) is 5.56 Å². The first-order chi connectivity index (χ1) is 13.1. The van der Waals surface area contributed by atoms with Gasteiger partial charge in [0.2, 0.25) is 6.79 Å². The zero-order valence-corrected chi connectivity index (χ0v) is 14.3. The fourth-order valence-corrected chi connectivity index (χ4v) is 3.74. The molecule has 3 heterocycles. The first-order valence-electron chi connectivity index (χ1n) is 8.78. The van der Waals surface area contributed by atoms with Crippen LogP contribution in [0.2, 0.25) is 0 Å². The molecule has 0 saturated heterocycles. The van der Waals surface area contributed by atoms with Crippen molar-refractivity contribution >= 4 is 11.7 Å². The lowest BCUT2D eigenvalue weighted by molar-refractivity contribution is -0.117. The van der Waals surface area contributed by atoms with Crippen LogP contribution >= 0.6 is 0 Å². The van der Waals surface area contributed by atoms with Gasteiger partial charge in [0.05, 0.1) is 17.0 Å². The minimum Gasteiger partial charge on any atom is -0.454 e. The van der Waals surface area contributed by atoms with Crippen molar-refractivity contribution in [2.45, 2.75) is 25.4 Å². The van der Waals surface area contributed by atoms with Crippen molar-refractivity contribution in [2.24, 2.45) is 0 Å². The van der Waals surface area contributed by atoms with Gasteiger partial charge in [-0.3, -0.25) is 9.59 Å². The Labute approximate surface area is 154 Å². The zero-order chi connectivity index (χ0) is 18.5. The summed E-state index contributed by atoms with van der Waals surface area (Å²) in [7, 11) is 0. The first kappa shape index (κ1) is 16.0.